The van der Waals surface area contributed by atoms with Gasteiger partial charge >= 0.3 is 0 Å². The minimum absolute atomic E-state index is 0.109. The molecule has 0 unspecified atom stereocenters. The monoisotopic (exact) mass is 338 g/mol. The van der Waals surface area contributed by atoms with E-state index in [-0.39, 0.29) is 11.8 Å². The van der Waals surface area contributed by atoms with E-state index in [1.165, 1.54) is 0 Å². The Morgan fingerprint density at radius 3 is 2.48 bits per heavy atom. The highest BCUT2D eigenvalue weighted by molar-refractivity contribution is 5.96. The third kappa shape index (κ3) is 5.45. The van der Waals surface area contributed by atoms with Gasteiger partial charge in [0.15, 0.2) is 0 Å². The van der Waals surface area contributed by atoms with Gasteiger partial charge in [0.1, 0.15) is 0 Å². The first-order valence-electron chi connectivity index (χ1n) is 8.76. The minimum atomic E-state index is -0.112. The lowest BCUT2D eigenvalue weighted by molar-refractivity contribution is -0.117. The van der Waals surface area contributed by atoms with E-state index < -0.39 is 0 Å². The SMILES string of the molecule is C=CCNC(=O)C(/C=C\C)=C/Cc1ccc(C(=O)N2CCCC2)cc1. The van der Waals surface area contributed by atoms with Gasteiger partial charge in [-0.1, -0.05) is 36.4 Å². The Morgan fingerprint density at radius 2 is 1.88 bits per heavy atom. The van der Waals surface area contributed by atoms with Gasteiger partial charge in [0, 0.05) is 30.8 Å². The molecule has 1 N–H and O–H groups in total. The van der Waals surface area contributed by atoms with Crippen LogP contribution in [0.5, 0.6) is 0 Å². The maximum Gasteiger partial charge on any atom is 0.253 e. The summed E-state index contributed by atoms with van der Waals surface area (Å²) in [4.78, 5) is 26.3. The van der Waals surface area contributed by atoms with Crippen molar-refractivity contribution in [3.63, 3.8) is 0 Å². The zero-order valence-electron chi connectivity index (χ0n) is 14.8. The molecule has 0 radical (unpaired) electrons. The summed E-state index contributed by atoms with van der Waals surface area (Å²) in [5, 5.41) is 2.78. The fraction of sp³-hybridized carbons (Fsp3) is 0.333. The van der Waals surface area contributed by atoms with Crippen LogP contribution < -0.4 is 5.32 Å². The molecule has 1 aromatic carbocycles. The van der Waals surface area contributed by atoms with Crippen LogP contribution in [0.1, 0.15) is 35.7 Å². The number of hydrogen-bond acceptors (Lipinski definition) is 2. The molecule has 1 aromatic rings. The molecule has 0 saturated carbocycles. The van der Waals surface area contributed by atoms with Crippen LogP contribution in [0.2, 0.25) is 0 Å². The fourth-order valence-electron chi connectivity index (χ4n) is 2.80. The summed E-state index contributed by atoms with van der Waals surface area (Å²) in [5.74, 6) is -0.00293. The van der Waals surface area contributed by atoms with Crippen molar-refractivity contribution in [3.05, 3.63) is 71.8 Å². The average molecular weight is 338 g/mol. The molecule has 0 aliphatic carbocycles. The van der Waals surface area contributed by atoms with E-state index in [2.05, 4.69) is 11.9 Å². The van der Waals surface area contributed by atoms with E-state index in [0.717, 1.165) is 37.1 Å². The number of hydrogen-bond donors (Lipinski definition) is 1. The second-order valence-electron chi connectivity index (χ2n) is 6.06. The number of carbonyl (C=O) groups excluding carboxylic acids is 2. The molecule has 0 aromatic heterocycles. The van der Waals surface area contributed by atoms with Gasteiger partial charge < -0.3 is 10.2 Å². The summed E-state index contributed by atoms with van der Waals surface area (Å²) < 4.78 is 0. The number of benzene rings is 1. The summed E-state index contributed by atoms with van der Waals surface area (Å²) in [6, 6.07) is 7.65. The smallest absolute Gasteiger partial charge is 0.253 e. The zero-order chi connectivity index (χ0) is 18.1. The molecule has 1 fully saturated rings. The standard InChI is InChI=1S/C21H26N2O2/c1-3-7-18(20(24)22-14-4-2)11-8-17-9-12-19(13-10-17)21(25)23-15-5-6-16-23/h3-4,7,9-13H,2,5-6,8,14-16H2,1H3,(H,22,24)/b7-3-,18-11+. The van der Waals surface area contributed by atoms with Gasteiger partial charge in [-0.2, -0.15) is 0 Å². The van der Waals surface area contributed by atoms with Crippen molar-refractivity contribution in [3.8, 4) is 0 Å². The van der Waals surface area contributed by atoms with Gasteiger partial charge in [-0.05, 0) is 43.9 Å². The normalized spacial score (nSPS) is 14.8. The van der Waals surface area contributed by atoms with Crippen molar-refractivity contribution < 1.29 is 9.59 Å². The lowest BCUT2D eigenvalue weighted by atomic mass is 10.1. The largest absolute Gasteiger partial charge is 0.349 e. The summed E-state index contributed by atoms with van der Waals surface area (Å²) in [7, 11) is 0. The van der Waals surface area contributed by atoms with Gasteiger partial charge in [0.05, 0.1) is 0 Å². The number of amides is 2. The maximum absolute atomic E-state index is 12.3. The van der Waals surface area contributed by atoms with Crippen molar-refractivity contribution in [2.45, 2.75) is 26.2 Å². The van der Waals surface area contributed by atoms with Crippen molar-refractivity contribution in [1.82, 2.24) is 10.2 Å². The van der Waals surface area contributed by atoms with Crippen molar-refractivity contribution in [1.29, 1.82) is 0 Å². The Morgan fingerprint density at radius 1 is 1.20 bits per heavy atom. The highest BCUT2D eigenvalue weighted by atomic mass is 16.2. The van der Waals surface area contributed by atoms with E-state index >= 15 is 0 Å². The summed E-state index contributed by atoms with van der Waals surface area (Å²) in [6.07, 6.45) is 10.0. The van der Waals surface area contributed by atoms with E-state index in [4.69, 9.17) is 0 Å². The third-order valence-corrected chi connectivity index (χ3v) is 4.17. The van der Waals surface area contributed by atoms with Crippen LogP contribution in [0.15, 0.2) is 60.7 Å². The number of carbonyl (C=O) groups is 2. The Kier molecular flexibility index (Phi) is 7.20. The number of rotatable bonds is 7. The molecule has 1 aliphatic heterocycles. The highest BCUT2D eigenvalue weighted by Gasteiger charge is 2.19. The van der Waals surface area contributed by atoms with E-state index in [1.807, 2.05) is 48.2 Å². The first kappa shape index (κ1) is 18.7. The first-order valence-corrected chi connectivity index (χ1v) is 8.76. The van der Waals surface area contributed by atoms with E-state index in [0.29, 0.717) is 18.5 Å². The Labute approximate surface area is 149 Å². The summed E-state index contributed by atoms with van der Waals surface area (Å²) in [6.45, 7) is 7.64. The van der Waals surface area contributed by atoms with Gasteiger partial charge in [-0.25, -0.2) is 0 Å². The van der Waals surface area contributed by atoms with E-state index in [9.17, 15) is 9.59 Å². The van der Waals surface area contributed by atoms with Crippen LogP contribution in [-0.2, 0) is 11.2 Å². The molecule has 0 bridgehead atoms. The molecule has 1 saturated heterocycles. The fourth-order valence-corrected chi connectivity index (χ4v) is 2.80. The predicted octanol–water partition coefficient (Wildman–Crippen LogP) is 3.27. The maximum atomic E-state index is 12.3. The van der Waals surface area contributed by atoms with Gasteiger partial charge in [-0.3, -0.25) is 9.59 Å². The molecule has 1 heterocycles. The lowest BCUT2D eigenvalue weighted by Crippen LogP contribution is -2.27. The predicted molar refractivity (Wildman–Crippen MR) is 101 cm³/mol. The molecule has 4 heteroatoms. The Balaban J connectivity index is 2.02. The molecule has 2 amide bonds. The first-order chi connectivity index (χ1) is 12.2. The van der Waals surface area contributed by atoms with Gasteiger partial charge in [0.2, 0.25) is 0 Å². The second-order valence-corrected chi connectivity index (χ2v) is 6.06. The topological polar surface area (TPSA) is 49.4 Å². The van der Waals surface area contributed by atoms with Crippen LogP contribution in [0.4, 0.5) is 0 Å². The van der Waals surface area contributed by atoms with Gasteiger partial charge in [0.25, 0.3) is 11.8 Å². The molecule has 2 rings (SSSR count). The molecular weight excluding hydrogens is 312 g/mol. The molecule has 132 valence electrons. The quantitative estimate of drug-likeness (QED) is 0.471. The molecule has 0 atom stereocenters. The molecule has 4 nitrogen and oxygen atoms in total. The number of likely N-dealkylation sites (tertiary alicyclic amines) is 1. The van der Waals surface area contributed by atoms with Crippen molar-refractivity contribution in [2.24, 2.45) is 0 Å². The minimum Gasteiger partial charge on any atom is -0.349 e. The van der Waals surface area contributed by atoms with Crippen LogP contribution in [0.25, 0.3) is 0 Å². The van der Waals surface area contributed by atoms with Crippen LogP contribution in [-0.4, -0.2) is 36.3 Å². The van der Waals surface area contributed by atoms with Crippen LogP contribution in [0, 0.1) is 0 Å². The molecular formula is C21H26N2O2. The van der Waals surface area contributed by atoms with Crippen LogP contribution >= 0.6 is 0 Å². The van der Waals surface area contributed by atoms with Gasteiger partial charge in [-0.15, -0.1) is 6.58 Å². The van der Waals surface area contributed by atoms with Crippen LogP contribution in [0.3, 0.4) is 0 Å². The Hall–Kier alpha value is -2.62. The molecule has 1 aliphatic rings. The molecule has 0 spiro atoms. The van der Waals surface area contributed by atoms with E-state index in [1.54, 1.807) is 12.2 Å². The summed E-state index contributed by atoms with van der Waals surface area (Å²) >= 11 is 0. The Bertz CT molecular complexity index is 666. The lowest BCUT2D eigenvalue weighted by Gasteiger charge is -2.15. The van der Waals surface area contributed by atoms with Crippen molar-refractivity contribution in [2.75, 3.05) is 19.6 Å². The average Bonchev–Trinajstić information content (AvgIpc) is 3.17. The molecule has 25 heavy (non-hydrogen) atoms. The third-order valence-electron chi connectivity index (χ3n) is 4.17. The number of nitrogens with one attached hydrogen (secondary N) is 1. The summed E-state index contributed by atoms with van der Waals surface area (Å²) in [5.41, 5.74) is 2.42. The highest BCUT2D eigenvalue weighted by Crippen LogP contribution is 2.14. The number of allylic oxidation sites excluding steroid dienone is 2. The van der Waals surface area contributed by atoms with Crippen molar-refractivity contribution >= 4 is 11.8 Å². The zero-order valence-corrected chi connectivity index (χ0v) is 14.8. The second kappa shape index (κ2) is 9.62. The number of nitrogens with zero attached hydrogens (tertiary/aromatic N) is 1.